The summed E-state index contributed by atoms with van der Waals surface area (Å²) in [5.41, 5.74) is 8.33. The molecule has 1 saturated heterocycles. The number of nitrogens with two attached hydrogens (primary N) is 1. The van der Waals surface area contributed by atoms with Gasteiger partial charge in [0.05, 0.1) is 19.6 Å². The molecule has 4 heteroatoms. The number of hydrogen-bond donors (Lipinski definition) is 1. The molecule has 2 aliphatic rings. The molecule has 2 N–H and O–H groups in total. The van der Waals surface area contributed by atoms with Gasteiger partial charge in [0.1, 0.15) is 0 Å². The molecule has 1 aromatic carbocycles. The average molecular weight is 260 g/mol. The maximum absolute atomic E-state index is 12.3. The van der Waals surface area contributed by atoms with E-state index in [1.54, 1.807) is 0 Å². The van der Waals surface area contributed by atoms with Gasteiger partial charge in [0.25, 0.3) is 0 Å². The van der Waals surface area contributed by atoms with Crippen LogP contribution in [0.1, 0.15) is 24.0 Å². The van der Waals surface area contributed by atoms with E-state index in [4.69, 9.17) is 10.5 Å². The summed E-state index contributed by atoms with van der Waals surface area (Å²) in [6.45, 7) is 2.70. The summed E-state index contributed by atoms with van der Waals surface area (Å²) in [5.74, 6) is 0.181. The molecule has 1 aromatic rings. The number of carbonyl (C=O) groups is 1. The number of benzene rings is 1. The number of amides is 1. The van der Waals surface area contributed by atoms with Crippen molar-refractivity contribution in [3.8, 4) is 0 Å². The smallest absolute Gasteiger partial charge is 0.227 e. The third-order valence-electron chi connectivity index (χ3n) is 4.05. The molecule has 4 nitrogen and oxygen atoms in total. The van der Waals surface area contributed by atoms with E-state index in [0.29, 0.717) is 32.7 Å². The van der Waals surface area contributed by atoms with Crippen molar-refractivity contribution in [3.63, 3.8) is 0 Å². The highest BCUT2D eigenvalue weighted by Gasteiger charge is 2.41. The van der Waals surface area contributed by atoms with Gasteiger partial charge in [-0.3, -0.25) is 4.79 Å². The van der Waals surface area contributed by atoms with Gasteiger partial charge in [0.15, 0.2) is 0 Å². The SMILES string of the molecule is NC1(c2ccccc2CC(=O)N2CCOCC2)CC1. The van der Waals surface area contributed by atoms with Crippen molar-refractivity contribution in [2.75, 3.05) is 26.3 Å². The Kier molecular flexibility index (Phi) is 3.29. The number of carbonyl (C=O) groups excluding carboxylic acids is 1. The number of nitrogens with zero attached hydrogens (tertiary/aromatic N) is 1. The van der Waals surface area contributed by atoms with Crippen molar-refractivity contribution in [3.05, 3.63) is 35.4 Å². The van der Waals surface area contributed by atoms with Crippen molar-refractivity contribution < 1.29 is 9.53 Å². The normalized spacial score (nSPS) is 21.2. The van der Waals surface area contributed by atoms with Crippen molar-refractivity contribution in [2.45, 2.75) is 24.8 Å². The summed E-state index contributed by atoms with van der Waals surface area (Å²) in [4.78, 5) is 14.2. The Hall–Kier alpha value is -1.39. The lowest BCUT2D eigenvalue weighted by atomic mass is 9.96. The number of rotatable bonds is 3. The van der Waals surface area contributed by atoms with Crippen molar-refractivity contribution in [1.82, 2.24) is 4.90 Å². The molecule has 1 aliphatic carbocycles. The van der Waals surface area contributed by atoms with Gasteiger partial charge in [-0.1, -0.05) is 24.3 Å². The van der Waals surface area contributed by atoms with Gasteiger partial charge in [0, 0.05) is 18.6 Å². The molecular weight excluding hydrogens is 240 g/mol. The van der Waals surface area contributed by atoms with Crippen LogP contribution in [0.2, 0.25) is 0 Å². The lowest BCUT2D eigenvalue weighted by molar-refractivity contribution is -0.134. The molecule has 0 atom stereocenters. The summed E-state index contributed by atoms with van der Waals surface area (Å²) < 4.78 is 5.27. The van der Waals surface area contributed by atoms with E-state index in [1.807, 2.05) is 23.1 Å². The van der Waals surface area contributed by atoms with Crippen LogP contribution in [0.25, 0.3) is 0 Å². The largest absolute Gasteiger partial charge is 0.378 e. The fourth-order valence-electron chi connectivity index (χ4n) is 2.65. The Morgan fingerprint density at radius 3 is 2.63 bits per heavy atom. The molecule has 0 radical (unpaired) electrons. The van der Waals surface area contributed by atoms with Crippen LogP contribution in [0, 0.1) is 0 Å². The summed E-state index contributed by atoms with van der Waals surface area (Å²) in [7, 11) is 0. The highest BCUT2D eigenvalue weighted by molar-refractivity contribution is 5.79. The zero-order valence-electron chi connectivity index (χ0n) is 11.1. The van der Waals surface area contributed by atoms with Gasteiger partial charge in [-0.15, -0.1) is 0 Å². The monoisotopic (exact) mass is 260 g/mol. The zero-order chi connectivity index (χ0) is 13.3. The maximum Gasteiger partial charge on any atom is 0.227 e. The van der Waals surface area contributed by atoms with Crippen LogP contribution < -0.4 is 5.73 Å². The van der Waals surface area contributed by atoms with E-state index < -0.39 is 0 Å². The first-order valence-electron chi connectivity index (χ1n) is 6.92. The molecular formula is C15H20N2O2. The van der Waals surface area contributed by atoms with Crippen LogP contribution in [-0.4, -0.2) is 37.1 Å². The van der Waals surface area contributed by atoms with Gasteiger partial charge in [0.2, 0.25) is 5.91 Å². The molecule has 1 heterocycles. The Balaban J connectivity index is 1.74. The highest BCUT2D eigenvalue weighted by Crippen LogP contribution is 2.44. The fourth-order valence-corrected chi connectivity index (χ4v) is 2.65. The predicted octanol–water partition coefficient (Wildman–Crippen LogP) is 1.04. The quantitative estimate of drug-likeness (QED) is 0.883. The Labute approximate surface area is 113 Å². The van der Waals surface area contributed by atoms with Crippen LogP contribution in [0.3, 0.4) is 0 Å². The standard InChI is InChI=1S/C15H20N2O2/c16-15(5-6-15)13-4-2-1-3-12(13)11-14(18)17-7-9-19-10-8-17/h1-4H,5-11,16H2. The lowest BCUT2D eigenvalue weighted by Gasteiger charge is -2.27. The van der Waals surface area contributed by atoms with Gasteiger partial charge < -0.3 is 15.4 Å². The second-order valence-corrected chi connectivity index (χ2v) is 5.48. The summed E-state index contributed by atoms with van der Waals surface area (Å²) in [6.07, 6.45) is 2.50. The number of morpholine rings is 1. The van der Waals surface area contributed by atoms with E-state index >= 15 is 0 Å². The molecule has 1 saturated carbocycles. The third kappa shape index (κ3) is 2.65. The lowest BCUT2D eigenvalue weighted by Crippen LogP contribution is -2.41. The molecule has 0 aromatic heterocycles. The van der Waals surface area contributed by atoms with Gasteiger partial charge in [-0.05, 0) is 24.0 Å². The maximum atomic E-state index is 12.3. The summed E-state index contributed by atoms with van der Waals surface area (Å²) in [6, 6.07) is 8.08. The third-order valence-corrected chi connectivity index (χ3v) is 4.05. The Morgan fingerprint density at radius 2 is 1.95 bits per heavy atom. The van der Waals surface area contributed by atoms with E-state index in [2.05, 4.69) is 6.07 Å². The Morgan fingerprint density at radius 1 is 1.26 bits per heavy atom. The molecule has 1 aliphatic heterocycles. The Bertz CT molecular complexity index is 477. The molecule has 1 amide bonds. The summed E-state index contributed by atoms with van der Waals surface area (Å²) >= 11 is 0. The first-order chi connectivity index (χ1) is 9.19. The van der Waals surface area contributed by atoms with Gasteiger partial charge in [-0.2, -0.15) is 0 Å². The molecule has 0 unspecified atom stereocenters. The number of ether oxygens (including phenoxy) is 1. The van der Waals surface area contributed by atoms with Crippen LogP contribution >= 0.6 is 0 Å². The summed E-state index contributed by atoms with van der Waals surface area (Å²) in [5, 5.41) is 0. The average Bonchev–Trinajstić information content (AvgIpc) is 3.19. The van der Waals surface area contributed by atoms with E-state index in [1.165, 1.54) is 0 Å². The van der Waals surface area contributed by atoms with Gasteiger partial charge in [-0.25, -0.2) is 0 Å². The van der Waals surface area contributed by atoms with Crippen molar-refractivity contribution in [2.24, 2.45) is 5.73 Å². The van der Waals surface area contributed by atoms with E-state index in [9.17, 15) is 4.79 Å². The molecule has 0 bridgehead atoms. The van der Waals surface area contributed by atoms with Crippen molar-refractivity contribution >= 4 is 5.91 Å². The molecule has 2 fully saturated rings. The molecule has 0 spiro atoms. The molecule has 3 rings (SSSR count). The second-order valence-electron chi connectivity index (χ2n) is 5.48. The topological polar surface area (TPSA) is 55.6 Å². The van der Waals surface area contributed by atoms with Crippen LogP contribution in [0.15, 0.2) is 24.3 Å². The van der Waals surface area contributed by atoms with Crippen molar-refractivity contribution in [1.29, 1.82) is 0 Å². The molecule has 102 valence electrons. The second kappa shape index (κ2) is 4.94. The predicted molar refractivity (Wildman–Crippen MR) is 72.6 cm³/mol. The molecule has 19 heavy (non-hydrogen) atoms. The minimum absolute atomic E-state index is 0.179. The van der Waals surface area contributed by atoms with E-state index in [0.717, 1.165) is 24.0 Å². The highest BCUT2D eigenvalue weighted by atomic mass is 16.5. The van der Waals surface area contributed by atoms with E-state index in [-0.39, 0.29) is 11.4 Å². The first-order valence-corrected chi connectivity index (χ1v) is 6.92. The first kappa shape index (κ1) is 12.6. The van der Waals surface area contributed by atoms with Crippen LogP contribution in [0.4, 0.5) is 0 Å². The number of hydrogen-bond acceptors (Lipinski definition) is 3. The minimum atomic E-state index is -0.179. The van der Waals surface area contributed by atoms with Gasteiger partial charge >= 0.3 is 0 Å². The minimum Gasteiger partial charge on any atom is -0.378 e. The fraction of sp³-hybridized carbons (Fsp3) is 0.533. The zero-order valence-corrected chi connectivity index (χ0v) is 11.1. The van der Waals surface area contributed by atoms with Crippen LogP contribution in [-0.2, 0) is 21.5 Å². The van der Waals surface area contributed by atoms with Crippen LogP contribution in [0.5, 0.6) is 0 Å².